The number of rotatable bonds is 2. The second-order valence-electron chi connectivity index (χ2n) is 3.92. The fraction of sp³-hybridized carbons (Fsp3) is 0.308. The lowest BCUT2D eigenvalue weighted by Gasteiger charge is -2.11. The van der Waals surface area contributed by atoms with E-state index in [1.807, 2.05) is 11.0 Å². The van der Waals surface area contributed by atoms with E-state index in [2.05, 4.69) is 0 Å². The second kappa shape index (κ2) is 4.84. The van der Waals surface area contributed by atoms with Crippen LogP contribution in [0.2, 0.25) is 0 Å². The third kappa shape index (κ3) is 2.42. The monoisotopic (exact) mass is 217 g/mol. The van der Waals surface area contributed by atoms with Gasteiger partial charge in [0.25, 0.3) is 0 Å². The van der Waals surface area contributed by atoms with Crippen LogP contribution in [0.1, 0.15) is 18.4 Å². The molecule has 0 radical (unpaired) electrons. The average molecular weight is 217 g/mol. The minimum Gasteiger partial charge on any atom is -0.507 e. The number of likely N-dealkylation sites (tertiary alicyclic amines) is 1. The fourth-order valence-electron chi connectivity index (χ4n) is 1.83. The van der Waals surface area contributed by atoms with Crippen molar-refractivity contribution in [1.82, 2.24) is 4.90 Å². The smallest absolute Gasteiger partial charge is 0.246 e. The van der Waals surface area contributed by atoms with Gasteiger partial charge >= 0.3 is 0 Å². The molecule has 1 aromatic rings. The van der Waals surface area contributed by atoms with Crippen molar-refractivity contribution < 1.29 is 9.90 Å². The summed E-state index contributed by atoms with van der Waals surface area (Å²) in [6, 6.07) is 6.98. The summed E-state index contributed by atoms with van der Waals surface area (Å²) in [5, 5.41) is 9.51. The third-order valence-electron chi connectivity index (χ3n) is 2.76. The van der Waals surface area contributed by atoms with Gasteiger partial charge in [-0.25, -0.2) is 0 Å². The van der Waals surface area contributed by atoms with Crippen LogP contribution in [0.5, 0.6) is 5.75 Å². The number of aromatic hydroxyl groups is 1. The molecule has 84 valence electrons. The maximum absolute atomic E-state index is 11.7. The van der Waals surface area contributed by atoms with E-state index in [1.165, 1.54) is 6.08 Å². The summed E-state index contributed by atoms with van der Waals surface area (Å²) in [5.41, 5.74) is 0.676. The van der Waals surface area contributed by atoms with Gasteiger partial charge in [-0.2, -0.15) is 0 Å². The molecule has 0 aliphatic carbocycles. The molecule has 2 rings (SSSR count). The van der Waals surface area contributed by atoms with Crippen LogP contribution in [-0.2, 0) is 4.79 Å². The standard InChI is InChI=1S/C13H15NO2/c15-12-6-2-1-5-11(12)7-8-13(16)14-9-3-4-10-14/h1-2,5-8,15H,3-4,9-10H2. The van der Waals surface area contributed by atoms with Crippen LogP contribution in [0, 0.1) is 0 Å². The van der Waals surface area contributed by atoms with E-state index >= 15 is 0 Å². The maximum Gasteiger partial charge on any atom is 0.246 e. The van der Waals surface area contributed by atoms with Crippen LogP contribution in [0.15, 0.2) is 30.3 Å². The van der Waals surface area contributed by atoms with Gasteiger partial charge in [-0.15, -0.1) is 0 Å². The number of nitrogens with zero attached hydrogens (tertiary/aromatic N) is 1. The summed E-state index contributed by atoms with van der Waals surface area (Å²) in [6.07, 6.45) is 5.38. The Kier molecular flexibility index (Phi) is 3.25. The number of phenolic OH excluding ortho intramolecular Hbond substituents is 1. The number of hydrogen-bond donors (Lipinski definition) is 1. The minimum atomic E-state index is 0.0285. The molecule has 1 fully saturated rings. The number of amides is 1. The molecule has 0 spiro atoms. The molecule has 3 nitrogen and oxygen atoms in total. The largest absolute Gasteiger partial charge is 0.507 e. The minimum absolute atomic E-state index is 0.0285. The highest BCUT2D eigenvalue weighted by molar-refractivity contribution is 5.92. The summed E-state index contributed by atoms with van der Waals surface area (Å²) < 4.78 is 0. The molecule has 16 heavy (non-hydrogen) atoms. The summed E-state index contributed by atoms with van der Waals surface area (Å²) in [5.74, 6) is 0.230. The highest BCUT2D eigenvalue weighted by atomic mass is 16.3. The number of benzene rings is 1. The van der Waals surface area contributed by atoms with Gasteiger partial charge in [0, 0.05) is 24.7 Å². The number of para-hydroxylation sites is 1. The van der Waals surface area contributed by atoms with Crippen LogP contribution >= 0.6 is 0 Å². The summed E-state index contributed by atoms with van der Waals surface area (Å²) in [6.45, 7) is 1.70. The number of carbonyl (C=O) groups is 1. The maximum atomic E-state index is 11.7. The first-order chi connectivity index (χ1) is 7.77. The highest BCUT2D eigenvalue weighted by Crippen LogP contribution is 2.17. The van der Waals surface area contributed by atoms with Crippen LogP contribution in [0.4, 0.5) is 0 Å². The molecule has 0 saturated carbocycles. The Balaban J connectivity index is 2.03. The normalized spacial score (nSPS) is 15.9. The molecule has 0 bridgehead atoms. The molecule has 1 N–H and O–H groups in total. The van der Waals surface area contributed by atoms with Gasteiger partial charge in [0.1, 0.15) is 5.75 Å². The van der Waals surface area contributed by atoms with Gasteiger partial charge in [0.15, 0.2) is 0 Å². The van der Waals surface area contributed by atoms with Crippen molar-refractivity contribution in [3.8, 4) is 5.75 Å². The van der Waals surface area contributed by atoms with E-state index in [1.54, 1.807) is 24.3 Å². The van der Waals surface area contributed by atoms with E-state index in [0.717, 1.165) is 25.9 Å². The molecule has 0 unspecified atom stereocenters. The van der Waals surface area contributed by atoms with E-state index in [-0.39, 0.29) is 11.7 Å². The number of hydrogen-bond acceptors (Lipinski definition) is 2. The zero-order valence-corrected chi connectivity index (χ0v) is 9.10. The zero-order chi connectivity index (χ0) is 11.4. The van der Waals surface area contributed by atoms with Crippen molar-refractivity contribution in [2.24, 2.45) is 0 Å². The number of phenols is 1. The quantitative estimate of drug-likeness (QED) is 0.770. The fourth-order valence-corrected chi connectivity index (χ4v) is 1.83. The van der Waals surface area contributed by atoms with Crippen molar-refractivity contribution in [2.45, 2.75) is 12.8 Å². The Morgan fingerprint density at radius 1 is 1.25 bits per heavy atom. The predicted octanol–water partition coefficient (Wildman–Crippen LogP) is 2.03. The summed E-state index contributed by atoms with van der Waals surface area (Å²) in [7, 11) is 0. The Morgan fingerprint density at radius 3 is 2.62 bits per heavy atom. The first kappa shape index (κ1) is 10.7. The molecular formula is C13H15NO2. The highest BCUT2D eigenvalue weighted by Gasteiger charge is 2.14. The molecule has 1 aromatic carbocycles. The first-order valence-electron chi connectivity index (χ1n) is 5.52. The Labute approximate surface area is 95.0 Å². The molecule has 1 saturated heterocycles. The molecule has 1 amide bonds. The number of carbonyl (C=O) groups excluding carboxylic acids is 1. The van der Waals surface area contributed by atoms with E-state index in [0.29, 0.717) is 5.56 Å². The van der Waals surface area contributed by atoms with Crippen LogP contribution in [0.3, 0.4) is 0 Å². The van der Waals surface area contributed by atoms with Gasteiger partial charge in [-0.3, -0.25) is 4.79 Å². The Bertz CT molecular complexity index is 406. The van der Waals surface area contributed by atoms with Gasteiger partial charge in [0.2, 0.25) is 5.91 Å². The van der Waals surface area contributed by atoms with Gasteiger partial charge in [0.05, 0.1) is 0 Å². The Hall–Kier alpha value is -1.77. The van der Waals surface area contributed by atoms with Crippen LogP contribution < -0.4 is 0 Å². The van der Waals surface area contributed by atoms with Gasteiger partial charge < -0.3 is 10.0 Å². The Morgan fingerprint density at radius 2 is 1.94 bits per heavy atom. The molecule has 1 aliphatic heterocycles. The molecule has 1 heterocycles. The molecule has 0 atom stereocenters. The summed E-state index contributed by atoms with van der Waals surface area (Å²) >= 11 is 0. The van der Waals surface area contributed by atoms with Crippen LogP contribution in [0.25, 0.3) is 6.08 Å². The SMILES string of the molecule is O=C(C=Cc1ccccc1O)N1CCCC1. The zero-order valence-electron chi connectivity index (χ0n) is 9.10. The molecule has 3 heteroatoms. The van der Waals surface area contributed by atoms with Crippen molar-refractivity contribution in [3.63, 3.8) is 0 Å². The van der Waals surface area contributed by atoms with E-state index in [9.17, 15) is 9.90 Å². The van der Waals surface area contributed by atoms with Gasteiger partial charge in [-0.1, -0.05) is 18.2 Å². The molecule has 1 aliphatic rings. The van der Waals surface area contributed by atoms with Crippen molar-refractivity contribution >= 4 is 12.0 Å². The van der Waals surface area contributed by atoms with Crippen LogP contribution in [-0.4, -0.2) is 29.0 Å². The third-order valence-corrected chi connectivity index (χ3v) is 2.76. The second-order valence-corrected chi connectivity index (χ2v) is 3.92. The predicted molar refractivity (Wildman–Crippen MR) is 63.0 cm³/mol. The lowest BCUT2D eigenvalue weighted by molar-refractivity contribution is -0.124. The van der Waals surface area contributed by atoms with Gasteiger partial charge in [-0.05, 0) is 25.0 Å². The molecule has 0 aromatic heterocycles. The first-order valence-corrected chi connectivity index (χ1v) is 5.52. The van der Waals surface area contributed by atoms with Crippen molar-refractivity contribution in [1.29, 1.82) is 0 Å². The van der Waals surface area contributed by atoms with Crippen molar-refractivity contribution in [3.05, 3.63) is 35.9 Å². The summed E-state index contributed by atoms with van der Waals surface area (Å²) in [4.78, 5) is 13.5. The lowest BCUT2D eigenvalue weighted by atomic mass is 10.2. The average Bonchev–Trinajstić information content (AvgIpc) is 2.81. The van der Waals surface area contributed by atoms with Crippen molar-refractivity contribution in [2.75, 3.05) is 13.1 Å². The van der Waals surface area contributed by atoms with E-state index < -0.39 is 0 Å². The topological polar surface area (TPSA) is 40.5 Å². The lowest BCUT2D eigenvalue weighted by Crippen LogP contribution is -2.25. The molecular weight excluding hydrogens is 202 g/mol. The van der Waals surface area contributed by atoms with E-state index in [4.69, 9.17) is 0 Å².